The van der Waals surface area contributed by atoms with Crippen molar-refractivity contribution in [3.63, 3.8) is 0 Å². The van der Waals surface area contributed by atoms with Gasteiger partial charge in [0, 0.05) is 14.4 Å². The van der Waals surface area contributed by atoms with E-state index in [0.29, 0.717) is 11.8 Å². The van der Waals surface area contributed by atoms with E-state index in [2.05, 4.69) is 26.1 Å². The smallest absolute Gasteiger partial charge is 0.219 e. The maximum Gasteiger partial charge on any atom is 0.219 e. The van der Waals surface area contributed by atoms with Crippen LogP contribution in [0.15, 0.2) is 0 Å². The Kier molecular flexibility index (Phi) is 7.45. The summed E-state index contributed by atoms with van der Waals surface area (Å²) in [7, 11) is 0. The predicted octanol–water partition coefficient (Wildman–Crippen LogP) is 3.76. The van der Waals surface area contributed by atoms with Gasteiger partial charge in [-0.1, -0.05) is 47.0 Å². The van der Waals surface area contributed by atoms with Crippen molar-refractivity contribution in [2.75, 3.05) is 6.54 Å². The standard InChI is InChI=1S/C13H27NO.H2/c1-5-12(15)14-11-9-7-6-8-10-13(2,3)4;/h5-11H2,1-4H3,(H,14,15);1H. The minimum atomic E-state index is 0. The summed E-state index contributed by atoms with van der Waals surface area (Å²) in [4.78, 5) is 10.9. The van der Waals surface area contributed by atoms with Crippen molar-refractivity contribution in [1.29, 1.82) is 0 Å². The number of rotatable bonds is 7. The number of carbonyl (C=O) groups excluding carboxylic acids is 1. The van der Waals surface area contributed by atoms with Crippen molar-refractivity contribution < 1.29 is 6.22 Å². The van der Waals surface area contributed by atoms with Gasteiger partial charge in [0.15, 0.2) is 0 Å². The summed E-state index contributed by atoms with van der Waals surface area (Å²) in [5.41, 5.74) is 0.469. The molecule has 0 bridgehead atoms. The van der Waals surface area contributed by atoms with Crippen LogP contribution in [-0.2, 0) is 4.79 Å². The van der Waals surface area contributed by atoms with Crippen molar-refractivity contribution in [3.8, 4) is 0 Å². The predicted molar refractivity (Wildman–Crippen MR) is 68.0 cm³/mol. The van der Waals surface area contributed by atoms with Crippen LogP contribution in [0.1, 0.15) is 67.6 Å². The molecule has 0 radical (unpaired) electrons. The van der Waals surface area contributed by atoms with Crippen LogP contribution in [0.3, 0.4) is 0 Å². The minimum Gasteiger partial charge on any atom is -0.356 e. The molecule has 0 aliphatic heterocycles. The lowest BCUT2D eigenvalue weighted by molar-refractivity contribution is -0.120. The normalized spacial score (nSPS) is 11.5. The molecule has 2 nitrogen and oxygen atoms in total. The molecule has 0 fully saturated rings. The van der Waals surface area contributed by atoms with Gasteiger partial charge in [0.25, 0.3) is 0 Å². The molecular formula is C13H29NO. The fourth-order valence-corrected chi connectivity index (χ4v) is 1.49. The lowest BCUT2D eigenvalue weighted by atomic mass is 9.89. The molecular weight excluding hydrogens is 186 g/mol. The number of hydrogen-bond acceptors (Lipinski definition) is 1. The molecule has 0 saturated carbocycles. The van der Waals surface area contributed by atoms with Gasteiger partial charge in [0.1, 0.15) is 0 Å². The molecule has 0 saturated heterocycles. The molecule has 0 aliphatic rings. The van der Waals surface area contributed by atoms with Crippen molar-refractivity contribution >= 4 is 5.91 Å². The van der Waals surface area contributed by atoms with E-state index in [0.717, 1.165) is 13.0 Å². The highest BCUT2D eigenvalue weighted by atomic mass is 16.1. The van der Waals surface area contributed by atoms with Crippen molar-refractivity contribution in [2.45, 2.75) is 66.2 Å². The number of hydrogen-bond donors (Lipinski definition) is 1. The zero-order valence-electron chi connectivity index (χ0n) is 10.9. The molecule has 0 aromatic carbocycles. The van der Waals surface area contributed by atoms with Crippen LogP contribution >= 0.6 is 0 Å². The topological polar surface area (TPSA) is 29.1 Å². The molecule has 0 unspecified atom stereocenters. The van der Waals surface area contributed by atoms with E-state index in [4.69, 9.17) is 0 Å². The first-order valence-electron chi connectivity index (χ1n) is 6.22. The fraction of sp³-hybridized carbons (Fsp3) is 0.923. The minimum absolute atomic E-state index is 0. The summed E-state index contributed by atoms with van der Waals surface area (Å²) in [5, 5.41) is 2.90. The van der Waals surface area contributed by atoms with Crippen LogP contribution in [0.2, 0.25) is 0 Å². The third-order valence-corrected chi connectivity index (χ3v) is 2.50. The van der Waals surface area contributed by atoms with Gasteiger partial charge in [-0.3, -0.25) is 4.79 Å². The van der Waals surface area contributed by atoms with E-state index in [1.807, 2.05) is 6.92 Å². The van der Waals surface area contributed by atoms with E-state index < -0.39 is 0 Å². The number of nitrogens with one attached hydrogen (secondary N) is 1. The average Bonchev–Trinajstić information content (AvgIpc) is 2.14. The second-order valence-electron chi connectivity index (χ2n) is 5.43. The first-order chi connectivity index (χ1) is 6.95. The van der Waals surface area contributed by atoms with Crippen molar-refractivity contribution in [3.05, 3.63) is 0 Å². The van der Waals surface area contributed by atoms with E-state index in [1.54, 1.807) is 0 Å². The molecule has 0 aromatic rings. The first kappa shape index (κ1) is 14.5. The molecule has 92 valence electrons. The maximum absolute atomic E-state index is 10.9. The Hall–Kier alpha value is -0.530. The van der Waals surface area contributed by atoms with Gasteiger partial charge in [-0.25, -0.2) is 0 Å². The van der Waals surface area contributed by atoms with Crippen LogP contribution < -0.4 is 5.32 Å². The summed E-state index contributed by atoms with van der Waals surface area (Å²) >= 11 is 0. The highest BCUT2D eigenvalue weighted by Gasteiger charge is 2.08. The summed E-state index contributed by atoms with van der Waals surface area (Å²) in [5.74, 6) is 0.171. The Labute approximate surface area is 96.3 Å². The van der Waals surface area contributed by atoms with Crippen LogP contribution in [0.4, 0.5) is 0 Å². The summed E-state index contributed by atoms with van der Waals surface area (Å²) < 4.78 is 0. The van der Waals surface area contributed by atoms with Crippen LogP contribution in [0.5, 0.6) is 0 Å². The van der Waals surface area contributed by atoms with Crippen LogP contribution in [-0.4, -0.2) is 12.5 Å². The zero-order chi connectivity index (χ0) is 11.7. The fourth-order valence-electron chi connectivity index (χ4n) is 1.49. The summed E-state index contributed by atoms with van der Waals surface area (Å²) in [6, 6.07) is 0. The Bertz CT molecular complexity index is 175. The van der Waals surface area contributed by atoms with Gasteiger partial charge >= 0.3 is 0 Å². The number of amides is 1. The Morgan fingerprint density at radius 1 is 1.13 bits per heavy atom. The number of unbranched alkanes of at least 4 members (excludes halogenated alkanes) is 3. The Balaban J connectivity index is 0. The van der Waals surface area contributed by atoms with E-state index in [-0.39, 0.29) is 7.33 Å². The third kappa shape index (κ3) is 11.4. The van der Waals surface area contributed by atoms with E-state index in [9.17, 15) is 4.79 Å². The van der Waals surface area contributed by atoms with Crippen LogP contribution in [0.25, 0.3) is 0 Å². The van der Waals surface area contributed by atoms with Gasteiger partial charge in [-0.2, -0.15) is 0 Å². The monoisotopic (exact) mass is 215 g/mol. The maximum atomic E-state index is 10.9. The Morgan fingerprint density at radius 2 is 1.73 bits per heavy atom. The van der Waals surface area contributed by atoms with Gasteiger partial charge in [0.05, 0.1) is 0 Å². The van der Waals surface area contributed by atoms with Crippen molar-refractivity contribution in [1.82, 2.24) is 5.32 Å². The molecule has 0 spiro atoms. The quantitative estimate of drug-likeness (QED) is 0.644. The molecule has 0 heterocycles. The molecule has 1 amide bonds. The van der Waals surface area contributed by atoms with Crippen LogP contribution in [0, 0.1) is 5.41 Å². The highest BCUT2D eigenvalue weighted by Crippen LogP contribution is 2.22. The molecule has 2 heteroatoms. The SMILES string of the molecule is CCC(=O)NCCCCCCC(C)(C)C.[HH]. The molecule has 15 heavy (non-hydrogen) atoms. The van der Waals surface area contributed by atoms with Crippen molar-refractivity contribution in [2.24, 2.45) is 5.41 Å². The van der Waals surface area contributed by atoms with Gasteiger partial charge in [-0.15, -0.1) is 0 Å². The molecule has 0 aromatic heterocycles. The van der Waals surface area contributed by atoms with E-state index in [1.165, 1.54) is 25.7 Å². The van der Waals surface area contributed by atoms with E-state index >= 15 is 0 Å². The average molecular weight is 215 g/mol. The Morgan fingerprint density at radius 3 is 2.27 bits per heavy atom. The lowest BCUT2D eigenvalue weighted by Crippen LogP contribution is -2.23. The molecule has 0 aliphatic carbocycles. The van der Waals surface area contributed by atoms with Gasteiger partial charge in [0.2, 0.25) is 5.91 Å². The second-order valence-corrected chi connectivity index (χ2v) is 5.43. The van der Waals surface area contributed by atoms with Gasteiger partial charge in [-0.05, 0) is 18.3 Å². The number of carbonyl (C=O) groups is 1. The molecule has 0 rings (SSSR count). The summed E-state index contributed by atoms with van der Waals surface area (Å²) in [6.45, 7) is 9.60. The summed E-state index contributed by atoms with van der Waals surface area (Å²) in [6.07, 6.45) is 6.86. The van der Waals surface area contributed by atoms with Gasteiger partial charge < -0.3 is 5.32 Å². The largest absolute Gasteiger partial charge is 0.356 e. The third-order valence-electron chi connectivity index (χ3n) is 2.50. The highest BCUT2D eigenvalue weighted by molar-refractivity contribution is 5.75. The lowest BCUT2D eigenvalue weighted by Gasteiger charge is -2.17. The molecule has 0 atom stereocenters. The zero-order valence-corrected chi connectivity index (χ0v) is 10.9. The second kappa shape index (κ2) is 7.72. The first-order valence-corrected chi connectivity index (χ1v) is 6.22. The molecule has 1 N–H and O–H groups in total.